The molecule has 0 radical (unpaired) electrons. The van der Waals surface area contributed by atoms with Crippen LogP contribution in [0, 0.1) is 0 Å². The van der Waals surface area contributed by atoms with Crippen molar-refractivity contribution >= 4 is 44.7 Å². The zero-order valence-corrected chi connectivity index (χ0v) is 39.0. The fourth-order valence-corrected chi connectivity index (χ4v) is 9.29. The first-order chi connectivity index (χ1) is 31.6. The highest BCUT2D eigenvalue weighted by Gasteiger charge is 2.37. The third-order valence-corrected chi connectivity index (χ3v) is 13.1. The van der Waals surface area contributed by atoms with E-state index in [2.05, 4.69) is 22.1 Å². The average Bonchev–Trinajstić information content (AvgIpc) is 4.09. The summed E-state index contributed by atoms with van der Waals surface area (Å²) in [6.45, 7) is 2.57. The van der Waals surface area contributed by atoms with Crippen molar-refractivity contribution < 1.29 is 27.2 Å². The molecular weight excluding hydrogens is 864 g/mol. The Morgan fingerprint density at radius 2 is 1.40 bits per heavy atom. The van der Waals surface area contributed by atoms with Crippen molar-refractivity contribution in [3.8, 4) is 22.9 Å². The van der Waals surface area contributed by atoms with E-state index in [9.17, 15) is 18.0 Å². The lowest BCUT2D eigenvalue weighted by Gasteiger charge is -2.20. The number of nitrogens with zero attached hydrogens (tertiary/aromatic N) is 4. The first kappa shape index (κ1) is 48.6. The number of carbonyl (C=O) groups excluding carboxylic acids is 2. The van der Waals surface area contributed by atoms with E-state index < -0.39 is 33.4 Å². The molecule has 2 N–H and O–H groups in total. The van der Waals surface area contributed by atoms with Crippen LogP contribution in [0.2, 0.25) is 5.02 Å². The second kappa shape index (κ2) is 24.4. The van der Waals surface area contributed by atoms with Crippen molar-refractivity contribution in [1.82, 2.24) is 18.9 Å². The number of sulfonamides is 1. The van der Waals surface area contributed by atoms with Crippen LogP contribution < -0.4 is 20.5 Å². The summed E-state index contributed by atoms with van der Waals surface area (Å²) < 4.78 is 45.7. The summed E-state index contributed by atoms with van der Waals surface area (Å²) in [5, 5.41) is 7.28. The number of carbonyl (C=O) groups is 2. The molecule has 0 saturated carbocycles. The van der Waals surface area contributed by atoms with Crippen LogP contribution >= 0.6 is 11.6 Å². The van der Waals surface area contributed by atoms with Gasteiger partial charge in [-0.25, -0.2) is 13.2 Å². The molecule has 1 unspecified atom stereocenters. The van der Waals surface area contributed by atoms with Gasteiger partial charge in [-0.1, -0.05) is 145 Å². The average molecular weight is 926 g/mol. The van der Waals surface area contributed by atoms with Gasteiger partial charge < -0.3 is 14.5 Å². The molecule has 0 aliphatic rings. The van der Waals surface area contributed by atoms with Crippen LogP contribution in [0.4, 0.5) is 11.4 Å². The number of amides is 1. The molecule has 13 nitrogen and oxygen atoms in total. The predicted octanol–water partition coefficient (Wildman–Crippen LogP) is 11.8. The Morgan fingerprint density at radius 1 is 0.769 bits per heavy atom. The van der Waals surface area contributed by atoms with E-state index >= 15 is 4.79 Å². The highest BCUT2D eigenvalue weighted by Crippen LogP contribution is 2.33. The van der Waals surface area contributed by atoms with E-state index in [1.54, 1.807) is 66.7 Å². The molecule has 0 aliphatic heterocycles. The molecule has 15 heteroatoms. The fraction of sp³-hybridized carbons (Fsp3) is 0.400. The van der Waals surface area contributed by atoms with Crippen molar-refractivity contribution in [2.75, 3.05) is 16.6 Å². The van der Waals surface area contributed by atoms with E-state index in [0.717, 1.165) is 25.7 Å². The molecule has 0 spiro atoms. The van der Waals surface area contributed by atoms with Gasteiger partial charge in [-0.3, -0.25) is 28.1 Å². The zero-order valence-electron chi connectivity index (χ0n) is 37.4. The van der Waals surface area contributed by atoms with Gasteiger partial charge in [0.1, 0.15) is 17.1 Å². The standard InChI is InChI=1S/C50H61ClN6O7S/c1-3-4-5-6-7-8-9-10-11-12-13-14-15-16-17-23-35-63-43-32-31-39(65(61,62)54-41-29-22-21-28-40(41)51)37-42(43)53-49(59)47(56-34-25-33-52-56)48(58)46-45(44-30-24-36-64-44)55(2)50(60)57(46)38-26-19-18-20-27-38/h18-22,24-34,36-37,47,54H,3-17,23,35H2,1-2H3,(H,53,59). The van der Waals surface area contributed by atoms with Gasteiger partial charge in [-0.05, 0) is 67.1 Å². The zero-order chi connectivity index (χ0) is 46.0. The van der Waals surface area contributed by atoms with Gasteiger partial charge >= 0.3 is 5.69 Å². The molecule has 0 fully saturated rings. The smallest absolute Gasteiger partial charge is 0.333 e. The monoisotopic (exact) mass is 924 g/mol. The number of para-hydroxylation sites is 2. The highest BCUT2D eigenvalue weighted by atomic mass is 35.5. The lowest BCUT2D eigenvalue weighted by Crippen LogP contribution is -2.35. The number of nitrogens with one attached hydrogen (secondary N) is 2. The number of ether oxygens (including phenoxy) is 1. The van der Waals surface area contributed by atoms with Crippen LogP contribution in [0.1, 0.15) is 126 Å². The Hall–Kier alpha value is -5.86. The van der Waals surface area contributed by atoms with Gasteiger partial charge in [0.05, 0.1) is 39.9 Å². The molecule has 65 heavy (non-hydrogen) atoms. The SMILES string of the molecule is CCCCCCCCCCCCCCCCCCOc1ccc(S(=O)(=O)Nc2ccccc2Cl)cc1NC(=O)C(C(=O)c1c(-c2ccco2)n(C)c(=O)n1-c1ccccc1)n1cccn1. The Morgan fingerprint density at radius 3 is 2.00 bits per heavy atom. The largest absolute Gasteiger partial charge is 0.491 e. The van der Waals surface area contributed by atoms with E-state index in [0.29, 0.717) is 12.3 Å². The predicted molar refractivity (Wildman–Crippen MR) is 257 cm³/mol. The maximum absolute atomic E-state index is 15.1. The molecule has 0 saturated heterocycles. The van der Waals surface area contributed by atoms with Gasteiger partial charge in [0.2, 0.25) is 5.78 Å². The van der Waals surface area contributed by atoms with Gasteiger partial charge in [0.25, 0.3) is 15.9 Å². The van der Waals surface area contributed by atoms with E-state index in [-0.39, 0.29) is 44.2 Å². The summed E-state index contributed by atoms with van der Waals surface area (Å²) in [4.78, 5) is 43.5. The number of furan rings is 1. The summed E-state index contributed by atoms with van der Waals surface area (Å²) in [6, 6.07) is 22.3. The van der Waals surface area contributed by atoms with Gasteiger partial charge in [0, 0.05) is 19.4 Å². The number of ketones is 1. The van der Waals surface area contributed by atoms with Crippen LogP contribution in [0.5, 0.6) is 5.75 Å². The molecule has 0 aliphatic carbocycles. The van der Waals surface area contributed by atoms with Crippen molar-refractivity contribution in [2.24, 2.45) is 7.05 Å². The molecule has 6 rings (SSSR count). The Labute approximate surface area is 387 Å². The van der Waals surface area contributed by atoms with E-state index in [1.807, 2.05) is 0 Å². The number of hydrogen-bond acceptors (Lipinski definition) is 8. The van der Waals surface area contributed by atoms with Crippen molar-refractivity contribution in [1.29, 1.82) is 0 Å². The maximum Gasteiger partial charge on any atom is 0.333 e. The fourth-order valence-electron chi connectivity index (χ4n) is 7.95. The normalized spacial score (nSPS) is 12.0. The van der Waals surface area contributed by atoms with Crippen LogP contribution in [0.25, 0.3) is 17.1 Å². The van der Waals surface area contributed by atoms with Crippen LogP contribution in [0.15, 0.2) is 124 Å². The minimum absolute atomic E-state index is 0.0123. The first-order valence-electron chi connectivity index (χ1n) is 22.9. The summed E-state index contributed by atoms with van der Waals surface area (Å²) in [5.41, 5.74) is 0.0719. The number of halogens is 1. The number of imidazole rings is 1. The summed E-state index contributed by atoms with van der Waals surface area (Å²) in [6.07, 6.45) is 24.0. The molecular formula is C50H61ClN6O7S. The Kier molecular flexibility index (Phi) is 18.3. The quantitative estimate of drug-likeness (QED) is 0.0279. The second-order valence-corrected chi connectivity index (χ2v) is 18.4. The second-order valence-electron chi connectivity index (χ2n) is 16.3. The number of Topliss-reactive ketones (excluding diaryl/α,β-unsaturated/α-hetero) is 1. The molecule has 3 aromatic carbocycles. The van der Waals surface area contributed by atoms with Crippen LogP contribution in [-0.2, 0) is 21.9 Å². The number of hydrogen-bond donors (Lipinski definition) is 2. The van der Waals surface area contributed by atoms with Crippen LogP contribution in [0.3, 0.4) is 0 Å². The molecule has 3 aromatic heterocycles. The Balaban J connectivity index is 1.18. The van der Waals surface area contributed by atoms with Crippen molar-refractivity contribution in [3.63, 3.8) is 0 Å². The molecule has 346 valence electrons. The van der Waals surface area contributed by atoms with Crippen molar-refractivity contribution in [2.45, 2.75) is 121 Å². The Bertz CT molecular complexity index is 2590. The third kappa shape index (κ3) is 13.1. The number of benzene rings is 3. The summed E-state index contributed by atoms with van der Waals surface area (Å²) in [5.74, 6) is -1.20. The molecule has 0 bridgehead atoms. The number of anilines is 2. The number of unbranched alkanes of at least 4 members (excludes halogenated alkanes) is 15. The number of aromatic nitrogens is 4. The van der Waals surface area contributed by atoms with Crippen molar-refractivity contribution in [3.05, 3.63) is 131 Å². The molecule has 1 amide bonds. The summed E-state index contributed by atoms with van der Waals surface area (Å²) >= 11 is 6.30. The molecule has 6 aromatic rings. The molecule has 1 atom stereocenters. The van der Waals surface area contributed by atoms with Gasteiger partial charge in [0.15, 0.2) is 11.8 Å². The van der Waals surface area contributed by atoms with Gasteiger partial charge in [-0.2, -0.15) is 5.10 Å². The topological polar surface area (TPSA) is 159 Å². The highest BCUT2D eigenvalue weighted by molar-refractivity contribution is 7.92. The van der Waals surface area contributed by atoms with Crippen LogP contribution in [-0.4, -0.2) is 45.6 Å². The lowest BCUT2D eigenvalue weighted by atomic mass is 10.0. The van der Waals surface area contributed by atoms with Gasteiger partial charge in [-0.15, -0.1) is 0 Å². The number of rotatable bonds is 28. The molecule has 3 heterocycles. The lowest BCUT2D eigenvalue weighted by molar-refractivity contribution is -0.118. The minimum Gasteiger partial charge on any atom is -0.491 e. The minimum atomic E-state index is -4.23. The summed E-state index contributed by atoms with van der Waals surface area (Å²) in [7, 11) is -2.71. The van der Waals surface area contributed by atoms with E-state index in [1.165, 1.54) is 141 Å². The van der Waals surface area contributed by atoms with E-state index in [4.69, 9.17) is 20.8 Å². The maximum atomic E-state index is 15.1. The first-order valence-corrected chi connectivity index (χ1v) is 24.8. The third-order valence-electron chi connectivity index (χ3n) is 11.4.